The number of carbonyl (C=O) groups excluding carboxylic acids is 1. The molecule has 0 aromatic heterocycles. The Morgan fingerprint density at radius 2 is 2.09 bits per heavy atom. The van der Waals surface area contributed by atoms with Crippen molar-refractivity contribution in [3.63, 3.8) is 0 Å². The summed E-state index contributed by atoms with van der Waals surface area (Å²) in [5.41, 5.74) is 1.25. The second-order valence-electron chi connectivity index (χ2n) is 6.63. The minimum absolute atomic E-state index is 0.150. The fourth-order valence-corrected chi connectivity index (χ4v) is 3.67. The summed E-state index contributed by atoms with van der Waals surface area (Å²) in [6.45, 7) is 2.15. The van der Waals surface area contributed by atoms with Crippen molar-refractivity contribution in [2.45, 2.75) is 37.8 Å². The third kappa shape index (κ3) is 3.85. The van der Waals surface area contributed by atoms with Crippen molar-refractivity contribution in [3.05, 3.63) is 29.8 Å². The van der Waals surface area contributed by atoms with E-state index < -0.39 is 0 Å². The molecule has 3 rings (SSSR count). The molecule has 2 aliphatic rings. The van der Waals surface area contributed by atoms with E-state index in [9.17, 15) is 9.90 Å². The Balaban J connectivity index is 1.51. The molecule has 1 aromatic rings. The van der Waals surface area contributed by atoms with Gasteiger partial charge in [-0.25, -0.2) is 0 Å². The Morgan fingerprint density at radius 1 is 1.35 bits per heavy atom. The average molecular weight is 318 g/mol. The van der Waals surface area contributed by atoms with Crippen LogP contribution in [0, 0.1) is 5.92 Å². The van der Waals surface area contributed by atoms with Gasteiger partial charge in [0, 0.05) is 19.6 Å². The number of β-amino-alcohol motifs (C(OH)–C–C–N with tert-alkyl or cyclic N) is 1. The molecule has 2 unspecified atom stereocenters. The Hall–Kier alpha value is -1.59. The number of hydrogen-bond donors (Lipinski definition) is 2. The molecule has 5 heteroatoms. The van der Waals surface area contributed by atoms with Crippen molar-refractivity contribution in [2.75, 3.05) is 26.7 Å². The van der Waals surface area contributed by atoms with Gasteiger partial charge in [0.25, 0.3) is 0 Å². The molecule has 23 heavy (non-hydrogen) atoms. The molecule has 2 fully saturated rings. The molecule has 0 aliphatic carbocycles. The van der Waals surface area contributed by atoms with E-state index in [1.165, 1.54) is 5.56 Å². The Morgan fingerprint density at radius 3 is 2.74 bits per heavy atom. The normalized spacial score (nSPS) is 25.6. The summed E-state index contributed by atoms with van der Waals surface area (Å²) < 4.78 is 5.43. The highest BCUT2D eigenvalue weighted by atomic mass is 16.5. The van der Waals surface area contributed by atoms with E-state index in [0.717, 1.165) is 38.1 Å². The van der Waals surface area contributed by atoms with E-state index in [1.807, 2.05) is 23.1 Å². The number of aliphatic hydroxyl groups excluding tert-OH is 1. The monoisotopic (exact) mass is 318 g/mol. The lowest BCUT2D eigenvalue weighted by atomic mass is 9.89. The van der Waals surface area contributed by atoms with Gasteiger partial charge >= 0.3 is 0 Å². The summed E-state index contributed by atoms with van der Waals surface area (Å²) >= 11 is 0. The zero-order valence-electron chi connectivity index (χ0n) is 13.7. The van der Waals surface area contributed by atoms with E-state index in [1.54, 1.807) is 7.11 Å². The Bertz CT molecular complexity index is 541. The fraction of sp³-hybridized carbons (Fsp3) is 0.611. The van der Waals surface area contributed by atoms with Crippen molar-refractivity contribution in [1.82, 2.24) is 10.2 Å². The minimum atomic E-state index is -0.382. The summed E-state index contributed by atoms with van der Waals surface area (Å²) in [6.07, 6.45) is 3.22. The van der Waals surface area contributed by atoms with E-state index in [2.05, 4.69) is 11.4 Å². The van der Waals surface area contributed by atoms with Crippen molar-refractivity contribution in [1.29, 1.82) is 0 Å². The van der Waals surface area contributed by atoms with Crippen LogP contribution in [0.3, 0.4) is 0 Å². The number of likely N-dealkylation sites (tertiary alicyclic amines) is 1. The van der Waals surface area contributed by atoms with Crippen LogP contribution in [0.5, 0.6) is 5.75 Å². The smallest absolute Gasteiger partial charge is 0.239 e. The quantitative estimate of drug-likeness (QED) is 0.876. The molecule has 1 amide bonds. The first-order chi connectivity index (χ1) is 11.2. The molecule has 0 bridgehead atoms. The maximum Gasteiger partial charge on any atom is 0.239 e. The highest BCUT2D eigenvalue weighted by Crippen LogP contribution is 2.27. The van der Waals surface area contributed by atoms with Gasteiger partial charge in [0.15, 0.2) is 0 Å². The fourth-order valence-electron chi connectivity index (χ4n) is 3.67. The minimum Gasteiger partial charge on any atom is -0.496 e. The van der Waals surface area contributed by atoms with Crippen LogP contribution in [-0.4, -0.2) is 54.8 Å². The number of piperidine rings is 1. The van der Waals surface area contributed by atoms with Crippen LogP contribution in [0.4, 0.5) is 0 Å². The number of nitrogens with one attached hydrogen (secondary N) is 1. The Labute approximate surface area is 137 Å². The topological polar surface area (TPSA) is 61.8 Å². The summed E-state index contributed by atoms with van der Waals surface area (Å²) in [5, 5.41) is 12.7. The molecule has 2 atom stereocenters. The third-order valence-corrected chi connectivity index (χ3v) is 5.03. The van der Waals surface area contributed by atoms with Crippen molar-refractivity contribution >= 4 is 5.91 Å². The van der Waals surface area contributed by atoms with Crippen LogP contribution in [-0.2, 0) is 11.2 Å². The van der Waals surface area contributed by atoms with Crippen LogP contribution in [0.1, 0.15) is 24.8 Å². The highest BCUT2D eigenvalue weighted by molar-refractivity contribution is 5.82. The molecule has 2 heterocycles. The maximum absolute atomic E-state index is 12.4. The summed E-state index contributed by atoms with van der Waals surface area (Å²) in [4.78, 5) is 14.4. The molecule has 1 aromatic carbocycles. The van der Waals surface area contributed by atoms with Gasteiger partial charge in [0.1, 0.15) is 5.75 Å². The maximum atomic E-state index is 12.4. The second kappa shape index (κ2) is 7.32. The van der Waals surface area contributed by atoms with Gasteiger partial charge in [-0.1, -0.05) is 18.2 Å². The van der Waals surface area contributed by atoms with Crippen LogP contribution in [0.2, 0.25) is 0 Å². The van der Waals surface area contributed by atoms with E-state index in [-0.39, 0.29) is 18.1 Å². The number of aliphatic hydroxyl groups is 1. The van der Waals surface area contributed by atoms with Crippen molar-refractivity contribution in [3.8, 4) is 5.75 Å². The zero-order valence-corrected chi connectivity index (χ0v) is 13.7. The van der Waals surface area contributed by atoms with E-state index in [4.69, 9.17) is 4.74 Å². The number of para-hydroxylation sites is 1. The molecule has 2 N–H and O–H groups in total. The standard InChI is InChI=1S/C18H26N2O3/c1-23-17-5-3-2-4-14(17)10-13-6-8-20(9-7-13)18(22)16-11-15(21)12-19-16/h2-5,13,15-16,19,21H,6-12H2,1H3. The predicted octanol–water partition coefficient (Wildman–Crippen LogP) is 1.20. The molecule has 0 saturated carbocycles. The lowest BCUT2D eigenvalue weighted by molar-refractivity contribution is -0.134. The first-order valence-corrected chi connectivity index (χ1v) is 8.49. The lowest BCUT2D eigenvalue weighted by Gasteiger charge is -2.33. The molecule has 126 valence electrons. The number of hydrogen-bond acceptors (Lipinski definition) is 4. The van der Waals surface area contributed by atoms with Crippen LogP contribution >= 0.6 is 0 Å². The van der Waals surface area contributed by atoms with Gasteiger partial charge in [-0.15, -0.1) is 0 Å². The van der Waals surface area contributed by atoms with Gasteiger partial charge in [0.2, 0.25) is 5.91 Å². The molecule has 2 saturated heterocycles. The summed E-state index contributed by atoms with van der Waals surface area (Å²) in [5.74, 6) is 1.70. The lowest BCUT2D eigenvalue weighted by Crippen LogP contribution is -2.47. The highest BCUT2D eigenvalue weighted by Gasteiger charge is 2.33. The van der Waals surface area contributed by atoms with Gasteiger partial charge in [0.05, 0.1) is 19.3 Å². The predicted molar refractivity (Wildman–Crippen MR) is 88.4 cm³/mol. The van der Waals surface area contributed by atoms with Gasteiger partial charge in [-0.05, 0) is 43.2 Å². The van der Waals surface area contributed by atoms with Crippen LogP contribution in [0.25, 0.3) is 0 Å². The number of benzene rings is 1. The first kappa shape index (κ1) is 16.3. The van der Waals surface area contributed by atoms with E-state index >= 15 is 0 Å². The Kier molecular flexibility index (Phi) is 5.18. The van der Waals surface area contributed by atoms with Gasteiger partial charge in [-0.2, -0.15) is 0 Å². The largest absolute Gasteiger partial charge is 0.496 e. The molecule has 0 radical (unpaired) electrons. The molecule has 5 nitrogen and oxygen atoms in total. The molecule has 2 aliphatic heterocycles. The molecule has 0 spiro atoms. The molecular weight excluding hydrogens is 292 g/mol. The number of nitrogens with zero attached hydrogens (tertiary/aromatic N) is 1. The second-order valence-corrected chi connectivity index (χ2v) is 6.63. The van der Waals surface area contributed by atoms with Crippen molar-refractivity contribution in [2.24, 2.45) is 5.92 Å². The first-order valence-electron chi connectivity index (χ1n) is 8.49. The van der Waals surface area contributed by atoms with Crippen LogP contribution < -0.4 is 10.1 Å². The summed E-state index contributed by atoms with van der Waals surface area (Å²) in [7, 11) is 1.71. The van der Waals surface area contributed by atoms with Crippen LogP contribution in [0.15, 0.2) is 24.3 Å². The number of carbonyl (C=O) groups is 1. The number of amides is 1. The number of methoxy groups -OCH3 is 1. The number of ether oxygens (including phenoxy) is 1. The summed E-state index contributed by atoms with van der Waals surface area (Å²) in [6, 6.07) is 7.97. The molecular formula is C18H26N2O3. The SMILES string of the molecule is COc1ccccc1CC1CCN(C(=O)C2CC(O)CN2)CC1. The van der Waals surface area contributed by atoms with Gasteiger partial charge in [-0.3, -0.25) is 4.79 Å². The van der Waals surface area contributed by atoms with E-state index in [0.29, 0.717) is 18.9 Å². The third-order valence-electron chi connectivity index (χ3n) is 5.03. The zero-order chi connectivity index (χ0) is 16.2. The average Bonchev–Trinajstić information content (AvgIpc) is 3.02. The number of rotatable bonds is 4. The van der Waals surface area contributed by atoms with Crippen molar-refractivity contribution < 1.29 is 14.6 Å². The van der Waals surface area contributed by atoms with Gasteiger partial charge < -0.3 is 20.1 Å².